The van der Waals surface area contributed by atoms with Gasteiger partial charge in [-0.2, -0.15) is 0 Å². The molecule has 0 aliphatic rings. The smallest absolute Gasteiger partial charge is 0.311 e. The minimum absolute atomic E-state index is 0.0202. The molecule has 21 heavy (non-hydrogen) atoms. The number of amides is 1. The van der Waals surface area contributed by atoms with Gasteiger partial charge in [-0.25, -0.2) is 4.98 Å². The molecule has 8 heteroatoms. The molecule has 0 saturated heterocycles. The molecule has 1 amide bonds. The van der Waals surface area contributed by atoms with Crippen LogP contribution in [0, 0.1) is 0 Å². The zero-order valence-corrected chi connectivity index (χ0v) is 13.3. The maximum atomic E-state index is 12.0. The average molecular weight is 371 g/mol. The summed E-state index contributed by atoms with van der Waals surface area (Å²) in [6.45, 7) is 0. The molecule has 0 atom stereocenters. The van der Waals surface area contributed by atoms with Gasteiger partial charge in [0.2, 0.25) is 0 Å². The number of esters is 1. The molecule has 1 aromatic carbocycles. The molecule has 2 rings (SSSR count). The number of thiazole rings is 1. The molecule has 0 saturated carbocycles. The summed E-state index contributed by atoms with van der Waals surface area (Å²) >= 11 is 4.35. The summed E-state index contributed by atoms with van der Waals surface area (Å²) in [4.78, 5) is 27.2. The normalized spacial score (nSPS) is 10.2. The first-order chi connectivity index (χ1) is 9.99. The number of carbonyl (C=O) groups excluding carboxylic acids is 2. The Kier molecular flexibility index (Phi) is 4.92. The van der Waals surface area contributed by atoms with Crippen LogP contribution in [0.3, 0.4) is 0 Å². The predicted molar refractivity (Wildman–Crippen MR) is 81.6 cm³/mol. The van der Waals surface area contributed by atoms with E-state index in [4.69, 9.17) is 0 Å². The molecule has 0 unspecified atom stereocenters. The van der Waals surface area contributed by atoms with E-state index < -0.39 is 11.9 Å². The minimum atomic E-state index is -0.393. The Bertz CT molecular complexity index is 687. The number of anilines is 1. The molecule has 2 aromatic rings. The summed E-state index contributed by atoms with van der Waals surface area (Å²) in [5.41, 5.74) is 0.834. The number of hydrogen-bond acceptors (Lipinski definition) is 6. The molecule has 0 spiro atoms. The SMILES string of the molecule is COC(=O)Cc1csc(NC(=O)c2ccc(Br)c(O)c2)n1. The van der Waals surface area contributed by atoms with Crippen molar-refractivity contribution in [3.05, 3.63) is 39.3 Å². The number of nitrogens with one attached hydrogen (secondary N) is 1. The first-order valence-electron chi connectivity index (χ1n) is 5.80. The number of rotatable bonds is 4. The topological polar surface area (TPSA) is 88.5 Å². The van der Waals surface area contributed by atoms with Crippen molar-refractivity contribution in [2.45, 2.75) is 6.42 Å². The van der Waals surface area contributed by atoms with E-state index in [0.717, 1.165) is 0 Å². The van der Waals surface area contributed by atoms with Crippen LogP contribution < -0.4 is 5.32 Å². The van der Waals surface area contributed by atoms with Crippen molar-refractivity contribution in [3.63, 3.8) is 0 Å². The van der Waals surface area contributed by atoms with E-state index in [1.165, 1.54) is 24.5 Å². The maximum absolute atomic E-state index is 12.0. The predicted octanol–water partition coefficient (Wildman–Crippen LogP) is 2.58. The number of ether oxygens (including phenoxy) is 1. The van der Waals surface area contributed by atoms with Gasteiger partial charge in [0.15, 0.2) is 5.13 Å². The lowest BCUT2D eigenvalue weighted by Gasteiger charge is -2.03. The van der Waals surface area contributed by atoms with E-state index in [2.05, 4.69) is 31.0 Å². The van der Waals surface area contributed by atoms with Gasteiger partial charge < -0.3 is 9.84 Å². The van der Waals surface area contributed by atoms with Crippen molar-refractivity contribution in [1.82, 2.24) is 4.98 Å². The molecule has 6 nitrogen and oxygen atoms in total. The molecule has 0 aliphatic heterocycles. The highest BCUT2D eigenvalue weighted by atomic mass is 79.9. The Balaban J connectivity index is 2.05. The van der Waals surface area contributed by atoms with Gasteiger partial charge in [-0.1, -0.05) is 0 Å². The van der Waals surface area contributed by atoms with Crippen molar-refractivity contribution >= 4 is 44.3 Å². The summed E-state index contributed by atoms with van der Waals surface area (Å²) in [6, 6.07) is 4.50. The maximum Gasteiger partial charge on any atom is 0.311 e. The fourth-order valence-corrected chi connectivity index (χ4v) is 2.44. The van der Waals surface area contributed by atoms with E-state index in [-0.39, 0.29) is 12.2 Å². The van der Waals surface area contributed by atoms with Crippen LogP contribution in [0.5, 0.6) is 5.75 Å². The highest BCUT2D eigenvalue weighted by molar-refractivity contribution is 9.10. The highest BCUT2D eigenvalue weighted by Gasteiger charge is 2.12. The van der Waals surface area contributed by atoms with E-state index >= 15 is 0 Å². The molecule has 0 fully saturated rings. The Morgan fingerprint density at radius 1 is 1.48 bits per heavy atom. The Morgan fingerprint density at radius 2 is 2.24 bits per heavy atom. The molecule has 1 heterocycles. The van der Waals surface area contributed by atoms with Crippen LogP contribution in [0.4, 0.5) is 5.13 Å². The largest absolute Gasteiger partial charge is 0.507 e. The van der Waals surface area contributed by atoms with Crippen LogP contribution in [0.15, 0.2) is 28.1 Å². The zero-order chi connectivity index (χ0) is 15.4. The molecule has 0 bridgehead atoms. The number of halogens is 1. The second-order valence-corrected chi connectivity index (χ2v) is 5.73. The fraction of sp³-hybridized carbons (Fsp3) is 0.154. The van der Waals surface area contributed by atoms with Crippen molar-refractivity contribution in [2.75, 3.05) is 12.4 Å². The standard InChI is InChI=1S/C13H11BrN2O4S/c1-20-11(18)5-8-6-21-13(15-8)16-12(19)7-2-3-9(14)10(17)4-7/h2-4,6,17H,5H2,1H3,(H,15,16,19). The Hall–Kier alpha value is -1.93. The van der Waals surface area contributed by atoms with Gasteiger partial charge in [0.05, 0.1) is 23.7 Å². The summed E-state index contributed by atoms with van der Waals surface area (Å²) in [5, 5.41) is 14.2. The van der Waals surface area contributed by atoms with Gasteiger partial charge in [-0.3, -0.25) is 14.9 Å². The fourth-order valence-electron chi connectivity index (χ4n) is 1.49. The summed E-state index contributed by atoms with van der Waals surface area (Å²) in [6.07, 6.45) is 0.0575. The molecule has 1 aromatic heterocycles. The second kappa shape index (κ2) is 6.68. The summed E-state index contributed by atoms with van der Waals surface area (Å²) in [7, 11) is 1.30. The van der Waals surface area contributed by atoms with Crippen LogP contribution >= 0.6 is 27.3 Å². The molecule has 0 radical (unpaired) electrons. The van der Waals surface area contributed by atoms with Gasteiger partial charge >= 0.3 is 5.97 Å². The monoisotopic (exact) mass is 370 g/mol. The van der Waals surface area contributed by atoms with Gasteiger partial charge in [-0.05, 0) is 34.1 Å². The average Bonchev–Trinajstić information content (AvgIpc) is 2.88. The van der Waals surface area contributed by atoms with Gasteiger partial charge in [0.25, 0.3) is 5.91 Å². The van der Waals surface area contributed by atoms with Crippen LogP contribution in [0.1, 0.15) is 16.1 Å². The summed E-state index contributed by atoms with van der Waals surface area (Å²) < 4.78 is 5.05. The molecule has 110 valence electrons. The van der Waals surface area contributed by atoms with Crippen LogP contribution in [-0.4, -0.2) is 29.1 Å². The third-order valence-electron chi connectivity index (χ3n) is 2.53. The molecular weight excluding hydrogens is 360 g/mol. The Labute approximate surface area is 132 Å². The minimum Gasteiger partial charge on any atom is -0.507 e. The lowest BCUT2D eigenvalue weighted by Crippen LogP contribution is -2.12. The number of aromatic nitrogens is 1. The number of methoxy groups -OCH3 is 1. The number of aromatic hydroxyl groups is 1. The number of benzene rings is 1. The lowest BCUT2D eigenvalue weighted by atomic mass is 10.2. The highest BCUT2D eigenvalue weighted by Crippen LogP contribution is 2.25. The molecular formula is C13H11BrN2O4S. The Morgan fingerprint density at radius 3 is 2.90 bits per heavy atom. The number of carbonyl (C=O) groups is 2. The van der Waals surface area contributed by atoms with E-state index in [1.807, 2.05) is 0 Å². The first-order valence-corrected chi connectivity index (χ1v) is 7.48. The summed E-state index contributed by atoms with van der Waals surface area (Å²) in [5.74, 6) is -0.805. The third-order valence-corrected chi connectivity index (χ3v) is 4.01. The van der Waals surface area contributed by atoms with Crippen molar-refractivity contribution in [2.24, 2.45) is 0 Å². The van der Waals surface area contributed by atoms with E-state index in [1.54, 1.807) is 17.5 Å². The van der Waals surface area contributed by atoms with E-state index in [9.17, 15) is 14.7 Å². The molecule has 2 N–H and O–H groups in total. The number of hydrogen-bond donors (Lipinski definition) is 2. The number of phenols is 1. The second-order valence-electron chi connectivity index (χ2n) is 4.02. The van der Waals surface area contributed by atoms with Gasteiger partial charge in [-0.15, -0.1) is 11.3 Å². The third kappa shape index (κ3) is 4.02. The quantitative estimate of drug-likeness (QED) is 0.807. The van der Waals surface area contributed by atoms with Gasteiger partial charge in [0, 0.05) is 10.9 Å². The first kappa shape index (κ1) is 15.5. The van der Waals surface area contributed by atoms with Crippen LogP contribution in [-0.2, 0) is 16.0 Å². The molecule has 0 aliphatic carbocycles. The van der Waals surface area contributed by atoms with Crippen molar-refractivity contribution in [3.8, 4) is 5.75 Å². The van der Waals surface area contributed by atoms with Gasteiger partial charge in [0.1, 0.15) is 5.75 Å². The van der Waals surface area contributed by atoms with E-state index in [0.29, 0.717) is 20.9 Å². The lowest BCUT2D eigenvalue weighted by molar-refractivity contribution is -0.139. The zero-order valence-electron chi connectivity index (χ0n) is 10.9. The van der Waals surface area contributed by atoms with Crippen LogP contribution in [0.25, 0.3) is 0 Å². The van der Waals surface area contributed by atoms with Crippen molar-refractivity contribution in [1.29, 1.82) is 0 Å². The number of nitrogens with zero attached hydrogens (tertiary/aromatic N) is 1. The number of phenolic OH excluding ortho intramolecular Hbond substituents is 1. The van der Waals surface area contributed by atoms with Crippen molar-refractivity contribution < 1.29 is 19.4 Å². The van der Waals surface area contributed by atoms with Crippen LogP contribution in [0.2, 0.25) is 0 Å².